The van der Waals surface area contributed by atoms with E-state index in [0.717, 1.165) is 29.8 Å². The lowest BCUT2D eigenvalue weighted by Crippen LogP contribution is -2.06. The zero-order chi connectivity index (χ0) is 37.8. The Morgan fingerprint density at radius 1 is 0.566 bits per heavy atom. The Bertz CT molecular complexity index is 2590. The van der Waals surface area contributed by atoms with Crippen molar-refractivity contribution in [3.05, 3.63) is 146 Å². The quantitative estimate of drug-likeness (QED) is 0.152. The van der Waals surface area contributed by atoms with Gasteiger partial charge in [-0.1, -0.05) is 54.1 Å². The highest BCUT2D eigenvalue weighted by Gasteiger charge is 2.38. The van der Waals surface area contributed by atoms with E-state index in [1.165, 1.54) is 24.3 Å². The lowest BCUT2D eigenvalue weighted by atomic mass is 9.90. The van der Waals surface area contributed by atoms with Crippen LogP contribution in [0.15, 0.2) is 118 Å². The third-order valence-corrected chi connectivity index (χ3v) is 9.58. The smallest absolute Gasteiger partial charge is 0.247 e. The number of halogens is 6. The standard InChI is InChI=1S/C42H21F6N5/c1-22-5-12-32-31-13-8-26(24-3-2-4-30(15-24)42(46,47)48)17-34(31)38(28(20-51)21-52)40(32)53-39-33-14-9-25(23-6-10-29(11-7-23)41(43,44)45)16-35(33)37(36(22)39)27(18-49)19-50/h2-4,6-11,13-17H,5,12H2,1H3. The highest BCUT2D eigenvalue weighted by Crippen LogP contribution is 2.51. The Balaban J connectivity index is 1.44. The molecule has 3 aliphatic rings. The molecule has 0 atom stereocenters. The second kappa shape index (κ2) is 12.7. The molecular formula is C42H21F6N5. The Morgan fingerprint density at radius 2 is 1.09 bits per heavy atom. The van der Waals surface area contributed by atoms with E-state index in [0.29, 0.717) is 79.9 Å². The number of hydrogen-bond donors (Lipinski definition) is 0. The number of benzene rings is 4. The van der Waals surface area contributed by atoms with Crippen LogP contribution < -0.4 is 0 Å². The third-order valence-electron chi connectivity index (χ3n) is 9.58. The fourth-order valence-corrected chi connectivity index (χ4v) is 7.10. The molecule has 5 nitrogen and oxygen atoms in total. The fourth-order valence-electron chi connectivity index (χ4n) is 7.10. The summed E-state index contributed by atoms with van der Waals surface area (Å²) in [6.45, 7) is 1.85. The molecular weight excluding hydrogens is 688 g/mol. The summed E-state index contributed by atoms with van der Waals surface area (Å²) >= 11 is 0. The van der Waals surface area contributed by atoms with E-state index in [9.17, 15) is 47.4 Å². The van der Waals surface area contributed by atoms with Gasteiger partial charge in [-0.2, -0.15) is 47.4 Å². The maximum Gasteiger partial charge on any atom is 0.416 e. The normalized spacial score (nSPS) is 14.7. The van der Waals surface area contributed by atoms with E-state index in [1.54, 1.807) is 36.4 Å². The number of alkyl halides is 6. The van der Waals surface area contributed by atoms with Crippen LogP contribution in [-0.4, -0.2) is 5.71 Å². The van der Waals surface area contributed by atoms with Crippen LogP contribution in [0.1, 0.15) is 53.1 Å². The van der Waals surface area contributed by atoms with Crippen LogP contribution in [0, 0.1) is 45.3 Å². The predicted molar refractivity (Wildman–Crippen MR) is 185 cm³/mol. The van der Waals surface area contributed by atoms with Crippen LogP contribution in [-0.2, 0) is 12.4 Å². The van der Waals surface area contributed by atoms with Crippen molar-refractivity contribution in [2.45, 2.75) is 32.1 Å². The molecule has 0 saturated carbocycles. The first-order valence-corrected chi connectivity index (χ1v) is 16.1. The highest BCUT2D eigenvalue weighted by molar-refractivity contribution is 6.31. The molecule has 0 radical (unpaired) electrons. The molecule has 4 aromatic rings. The molecule has 4 aromatic carbocycles. The van der Waals surface area contributed by atoms with Gasteiger partial charge in [0.2, 0.25) is 0 Å². The molecule has 53 heavy (non-hydrogen) atoms. The zero-order valence-electron chi connectivity index (χ0n) is 27.5. The molecule has 0 fully saturated rings. The van der Waals surface area contributed by atoms with Gasteiger partial charge in [-0.3, -0.25) is 0 Å². The van der Waals surface area contributed by atoms with Crippen LogP contribution in [0.25, 0.3) is 39.0 Å². The Hall–Kier alpha value is -6.95. The lowest BCUT2D eigenvalue weighted by molar-refractivity contribution is -0.138. The van der Waals surface area contributed by atoms with Crippen molar-refractivity contribution in [1.29, 1.82) is 21.0 Å². The number of aliphatic imine (C=N–C) groups is 1. The van der Waals surface area contributed by atoms with Gasteiger partial charge in [0.1, 0.15) is 35.4 Å². The molecule has 7 rings (SSSR count). The summed E-state index contributed by atoms with van der Waals surface area (Å²) in [6, 6.07) is 27.5. The third kappa shape index (κ3) is 5.79. The van der Waals surface area contributed by atoms with Crippen molar-refractivity contribution in [3.63, 3.8) is 0 Å². The molecule has 0 saturated heterocycles. The first kappa shape index (κ1) is 34.5. The number of nitriles is 4. The summed E-state index contributed by atoms with van der Waals surface area (Å²) in [5.41, 5.74) is 4.96. The Morgan fingerprint density at radius 3 is 1.70 bits per heavy atom. The van der Waals surface area contributed by atoms with E-state index < -0.39 is 23.5 Å². The lowest BCUT2D eigenvalue weighted by Gasteiger charge is -2.16. The summed E-state index contributed by atoms with van der Waals surface area (Å²) in [5, 5.41) is 40.4. The van der Waals surface area contributed by atoms with E-state index in [-0.39, 0.29) is 22.3 Å². The topological polar surface area (TPSA) is 108 Å². The number of rotatable bonds is 2. The van der Waals surface area contributed by atoms with Crippen molar-refractivity contribution in [3.8, 4) is 46.5 Å². The van der Waals surface area contributed by atoms with Gasteiger partial charge in [0.05, 0.1) is 22.5 Å². The number of nitrogens with zero attached hydrogens (tertiary/aromatic N) is 5. The van der Waals surface area contributed by atoms with Crippen LogP contribution in [0.3, 0.4) is 0 Å². The zero-order valence-corrected chi connectivity index (χ0v) is 27.5. The maximum atomic E-state index is 13.6. The van der Waals surface area contributed by atoms with Crippen LogP contribution in [0.4, 0.5) is 26.3 Å². The van der Waals surface area contributed by atoms with Gasteiger partial charge in [-0.25, -0.2) is 4.99 Å². The van der Waals surface area contributed by atoms with Crippen molar-refractivity contribution >= 4 is 22.4 Å². The minimum atomic E-state index is -4.57. The van der Waals surface area contributed by atoms with Gasteiger partial charge in [0, 0.05) is 22.3 Å². The van der Waals surface area contributed by atoms with Crippen molar-refractivity contribution < 1.29 is 26.3 Å². The van der Waals surface area contributed by atoms with Gasteiger partial charge in [-0.05, 0) is 101 Å². The molecule has 0 aromatic heterocycles. The Labute approximate surface area is 299 Å². The molecule has 256 valence electrons. The second-order valence-corrected chi connectivity index (χ2v) is 12.6. The Kier molecular flexibility index (Phi) is 8.25. The molecule has 0 bridgehead atoms. The minimum Gasteiger partial charge on any atom is -0.247 e. The van der Waals surface area contributed by atoms with E-state index in [1.807, 2.05) is 31.2 Å². The largest absolute Gasteiger partial charge is 0.416 e. The van der Waals surface area contributed by atoms with Gasteiger partial charge < -0.3 is 0 Å². The summed E-state index contributed by atoms with van der Waals surface area (Å²) in [4.78, 5) is 5.11. The number of hydrogen-bond acceptors (Lipinski definition) is 5. The average molecular weight is 710 g/mol. The minimum absolute atomic E-state index is 0.198. The molecule has 2 aliphatic carbocycles. The molecule has 0 spiro atoms. The first-order chi connectivity index (χ1) is 25.3. The predicted octanol–water partition coefficient (Wildman–Crippen LogP) is 11.0. The fraction of sp³-hybridized carbons (Fsp3) is 0.119. The van der Waals surface area contributed by atoms with Crippen molar-refractivity contribution in [1.82, 2.24) is 0 Å². The molecule has 0 unspecified atom stereocenters. The van der Waals surface area contributed by atoms with E-state index >= 15 is 0 Å². The molecule has 0 amide bonds. The molecule has 0 N–H and O–H groups in total. The van der Waals surface area contributed by atoms with Crippen LogP contribution >= 0.6 is 0 Å². The van der Waals surface area contributed by atoms with Gasteiger partial charge in [0.25, 0.3) is 0 Å². The second-order valence-electron chi connectivity index (χ2n) is 12.6. The van der Waals surface area contributed by atoms with Crippen LogP contribution in [0.5, 0.6) is 0 Å². The average Bonchev–Trinajstić information content (AvgIpc) is 3.61. The van der Waals surface area contributed by atoms with E-state index in [2.05, 4.69) is 0 Å². The molecule has 1 heterocycles. The number of fused-ring (bicyclic) bond motifs is 5. The molecule has 1 aliphatic heterocycles. The summed E-state index contributed by atoms with van der Waals surface area (Å²) in [6.07, 6.45) is -8.30. The summed E-state index contributed by atoms with van der Waals surface area (Å²) < 4.78 is 80.6. The molecule has 11 heteroatoms. The van der Waals surface area contributed by atoms with Gasteiger partial charge in [0.15, 0.2) is 0 Å². The summed E-state index contributed by atoms with van der Waals surface area (Å²) in [7, 11) is 0. The van der Waals surface area contributed by atoms with Gasteiger partial charge >= 0.3 is 12.4 Å². The van der Waals surface area contributed by atoms with Crippen molar-refractivity contribution in [2.75, 3.05) is 0 Å². The number of allylic oxidation sites excluding steroid dienone is 7. The van der Waals surface area contributed by atoms with Gasteiger partial charge in [-0.15, -0.1) is 0 Å². The first-order valence-electron chi connectivity index (χ1n) is 16.1. The van der Waals surface area contributed by atoms with Crippen molar-refractivity contribution in [2.24, 2.45) is 4.99 Å². The van der Waals surface area contributed by atoms with Crippen LogP contribution in [0.2, 0.25) is 0 Å². The SMILES string of the molecule is CC1=C2C(=NC3=C(CC1)c1ccc(-c4cccc(C(F)(F)F)c4)cc1C3=C(C#N)C#N)c1ccc(-c3ccc(C(F)(F)F)cc3)cc1C2=C(C#N)C#N. The highest BCUT2D eigenvalue weighted by atomic mass is 19.4. The summed E-state index contributed by atoms with van der Waals surface area (Å²) in [5.74, 6) is 0. The maximum absolute atomic E-state index is 13.6. The van der Waals surface area contributed by atoms with E-state index in [4.69, 9.17) is 4.99 Å². The monoisotopic (exact) mass is 709 g/mol.